The summed E-state index contributed by atoms with van der Waals surface area (Å²) in [6.07, 6.45) is 4.03. The van der Waals surface area contributed by atoms with E-state index in [1.807, 2.05) is 35.0 Å². The Labute approximate surface area is 135 Å². The number of hydrogen-bond acceptors (Lipinski definition) is 4. The van der Waals surface area contributed by atoms with Gasteiger partial charge in [-0.05, 0) is 24.8 Å². The van der Waals surface area contributed by atoms with Crippen LogP contribution in [0.3, 0.4) is 0 Å². The van der Waals surface area contributed by atoms with Crippen molar-refractivity contribution < 1.29 is 9.53 Å². The normalized spacial score (nSPS) is 24.3. The zero-order chi connectivity index (χ0) is 15.6. The highest BCUT2D eigenvalue weighted by molar-refractivity contribution is 5.94. The van der Waals surface area contributed by atoms with Crippen LogP contribution in [0.5, 0.6) is 0 Å². The van der Waals surface area contributed by atoms with Crippen molar-refractivity contribution in [2.75, 3.05) is 18.1 Å². The SMILES string of the molecule is O=C([C@@H]1CCCO[C@H]1c1ccccc1)N1CCCn2ncnc21. The third kappa shape index (κ3) is 2.63. The van der Waals surface area contributed by atoms with E-state index in [1.54, 1.807) is 4.90 Å². The lowest BCUT2D eigenvalue weighted by molar-refractivity contribution is -0.132. The van der Waals surface area contributed by atoms with E-state index in [4.69, 9.17) is 4.74 Å². The van der Waals surface area contributed by atoms with Crippen LogP contribution in [-0.4, -0.2) is 33.8 Å². The number of nitrogens with zero attached hydrogens (tertiary/aromatic N) is 4. The van der Waals surface area contributed by atoms with Crippen LogP contribution in [0.2, 0.25) is 0 Å². The highest BCUT2D eigenvalue weighted by atomic mass is 16.5. The monoisotopic (exact) mass is 312 g/mol. The lowest BCUT2D eigenvalue weighted by atomic mass is 9.88. The van der Waals surface area contributed by atoms with Gasteiger partial charge in [-0.25, -0.2) is 4.68 Å². The summed E-state index contributed by atoms with van der Waals surface area (Å²) in [6, 6.07) is 10.0. The number of aryl methyl sites for hydroxylation is 1. The van der Waals surface area contributed by atoms with Crippen molar-refractivity contribution in [3.8, 4) is 0 Å². The smallest absolute Gasteiger partial charge is 0.235 e. The molecule has 2 atom stereocenters. The predicted molar refractivity (Wildman–Crippen MR) is 84.9 cm³/mol. The van der Waals surface area contributed by atoms with Gasteiger partial charge >= 0.3 is 0 Å². The quantitative estimate of drug-likeness (QED) is 0.853. The third-order valence-electron chi connectivity index (χ3n) is 4.62. The van der Waals surface area contributed by atoms with Gasteiger partial charge in [-0.2, -0.15) is 10.1 Å². The summed E-state index contributed by atoms with van der Waals surface area (Å²) in [5.41, 5.74) is 1.07. The fraction of sp³-hybridized carbons (Fsp3) is 0.471. The first-order chi connectivity index (χ1) is 11.3. The van der Waals surface area contributed by atoms with Gasteiger partial charge in [-0.1, -0.05) is 30.3 Å². The Balaban J connectivity index is 1.62. The summed E-state index contributed by atoms with van der Waals surface area (Å²) in [4.78, 5) is 19.2. The number of aromatic nitrogens is 3. The number of carbonyl (C=O) groups is 1. The molecule has 1 amide bonds. The number of amides is 1. The Morgan fingerprint density at radius 2 is 2.04 bits per heavy atom. The number of anilines is 1. The first-order valence-corrected chi connectivity index (χ1v) is 8.20. The Bertz CT molecular complexity index is 685. The topological polar surface area (TPSA) is 60.2 Å². The lowest BCUT2D eigenvalue weighted by Gasteiger charge is -2.35. The van der Waals surface area contributed by atoms with Crippen LogP contribution >= 0.6 is 0 Å². The van der Waals surface area contributed by atoms with Gasteiger partial charge < -0.3 is 4.74 Å². The molecule has 120 valence electrons. The molecular weight excluding hydrogens is 292 g/mol. The zero-order valence-corrected chi connectivity index (χ0v) is 13.0. The summed E-state index contributed by atoms with van der Waals surface area (Å²) >= 11 is 0. The number of benzene rings is 1. The maximum Gasteiger partial charge on any atom is 0.235 e. The van der Waals surface area contributed by atoms with E-state index >= 15 is 0 Å². The molecule has 6 heteroatoms. The standard InChI is InChI=1S/C17H20N4O2/c22-16(20-9-5-10-21-17(20)18-12-19-21)14-8-4-11-23-15(14)13-6-2-1-3-7-13/h1-3,6-7,12,14-15H,4-5,8-11H2/t14-,15+/m1/s1. The minimum atomic E-state index is -0.171. The number of ether oxygens (including phenoxy) is 1. The molecular formula is C17H20N4O2. The summed E-state index contributed by atoms with van der Waals surface area (Å²) < 4.78 is 7.78. The van der Waals surface area contributed by atoms with Crippen LogP contribution in [0.15, 0.2) is 36.7 Å². The first kappa shape index (κ1) is 14.4. The number of rotatable bonds is 2. The van der Waals surface area contributed by atoms with Crippen molar-refractivity contribution in [3.05, 3.63) is 42.2 Å². The molecule has 0 N–H and O–H groups in total. The highest BCUT2D eigenvalue weighted by Crippen LogP contribution is 2.36. The van der Waals surface area contributed by atoms with Gasteiger partial charge in [-0.3, -0.25) is 9.69 Å². The summed E-state index contributed by atoms with van der Waals surface area (Å²) in [7, 11) is 0. The Kier molecular flexibility index (Phi) is 3.83. The van der Waals surface area contributed by atoms with Crippen molar-refractivity contribution in [2.24, 2.45) is 5.92 Å². The molecule has 1 aromatic heterocycles. The van der Waals surface area contributed by atoms with Crippen molar-refractivity contribution in [3.63, 3.8) is 0 Å². The molecule has 1 saturated heterocycles. The van der Waals surface area contributed by atoms with Crippen LogP contribution in [-0.2, 0) is 16.1 Å². The lowest BCUT2D eigenvalue weighted by Crippen LogP contribution is -2.44. The van der Waals surface area contributed by atoms with Gasteiger partial charge in [0, 0.05) is 19.7 Å². The molecule has 0 bridgehead atoms. The fourth-order valence-corrected chi connectivity index (χ4v) is 3.52. The van der Waals surface area contributed by atoms with Crippen molar-refractivity contribution in [1.82, 2.24) is 14.8 Å². The van der Waals surface area contributed by atoms with E-state index in [2.05, 4.69) is 10.1 Å². The van der Waals surface area contributed by atoms with Gasteiger partial charge in [0.2, 0.25) is 11.9 Å². The molecule has 1 fully saturated rings. The second kappa shape index (κ2) is 6.12. The largest absolute Gasteiger partial charge is 0.373 e. The zero-order valence-electron chi connectivity index (χ0n) is 13.0. The molecule has 1 aromatic carbocycles. The molecule has 2 aromatic rings. The molecule has 2 aliphatic rings. The molecule has 0 aliphatic carbocycles. The van der Waals surface area contributed by atoms with Crippen LogP contribution in [0, 0.1) is 5.92 Å². The molecule has 6 nitrogen and oxygen atoms in total. The Morgan fingerprint density at radius 1 is 1.17 bits per heavy atom. The number of hydrogen-bond donors (Lipinski definition) is 0. The second-order valence-corrected chi connectivity index (χ2v) is 6.08. The maximum atomic E-state index is 13.2. The van der Waals surface area contributed by atoms with Crippen molar-refractivity contribution in [2.45, 2.75) is 31.9 Å². The first-order valence-electron chi connectivity index (χ1n) is 8.20. The average molecular weight is 312 g/mol. The Morgan fingerprint density at radius 3 is 2.91 bits per heavy atom. The summed E-state index contributed by atoms with van der Waals surface area (Å²) in [6.45, 7) is 2.23. The number of fused-ring (bicyclic) bond motifs is 1. The molecule has 0 spiro atoms. The fourth-order valence-electron chi connectivity index (χ4n) is 3.52. The van der Waals surface area contributed by atoms with Crippen molar-refractivity contribution in [1.29, 1.82) is 0 Å². The molecule has 3 heterocycles. The minimum absolute atomic E-state index is 0.104. The third-order valence-corrected chi connectivity index (χ3v) is 4.62. The molecule has 2 aliphatic heterocycles. The number of carbonyl (C=O) groups excluding carboxylic acids is 1. The maximum absolute atomic E-state index is 13.2. The van der Waals surface area contributed by atoms with Crippen LogP contribution < -0.4 is 4.90 Å². The van der Waals surface area contributed by atoms with Gasteiger partial charge in [0.25, 0.3) is 0 Å². The van der Waals surface area contributed by atoms with Crippen LogP contribution in [0.4, 0.5) is 5.95 Å². The Hall–Kier alpha value is -2.21. The molecule has 0 radical (unpaired) electrons. The van der Waals surface area contributed by atoms with Gasteiger partial charge in [0.1, 0.15) is 6.33 Å². The van der Waals surface area contributed by atoms with Gasteiger partial charge in [0.05, 0.1) is 12.0 Å². The van der Waals surface area contributed by atoms with Crippen LogP contribution in [0.25, 0.3) is 0 Å². The summed E-state index contributed by atoms with van der Waals surface area (Å²) in [5, 5.41) is 4.19. The van der Waals surface area contributed by atoms with E-state index in [9.17, 15) is 4.79 Å². The van der Waals surface area contributed by atoms with Gasteiger partial charge in [-0.15, -0.1) is 0 Å². The molecule has 0 saturated carbocycles. The molecule has 4 rings (SSSR count). The van der Waals surface area contributed by atoms with Crippen LogP contribution in [0.1, 0.15) is 30.9 Å². The van der Waals surface area contributed by atoms with E-state index in [1.165, 1.54) is 6.33 Å². The predicted octanol–water partition coefficient (Wildman–Crippen LogP) is 2.18. The van der Waals surface area contributed by atoms with E-state index in [0.717, 1.165) is 31.4 Å². The van der Waals surface area contributed by atoms with Gasteiger partial charge in [0.15, 0.2) is 0 Å². The highest BCUT2D eigenvalue weighted by Gasteiger charge is 2.38. The van der Waals surface area contributed by atoms with E-state index in [0.29, 0.717) is 19.1 Å². The molecule has 23 heavy (non-hydrogen) atoms. The second-order valence-electron chi connectivity index (χ2n) is 6.08. The minimum Gasteiger partial charge on any atom is -0.373 e. The molecule has 0 unspecified atom stereocenters. The van der Waals surface area contributed by atoms with Crippen molar-refractivity contribution >= 4 is 11.9 Å². The summed E-state index contributed by atoms with van der Waals surface area (Å²) in [5.74, 6) is 0.612. The van der Waals surface area contributed by atoms with E-state index in [-0.39, 0.29) is 17.9 Å². The average Bonchev–Trinajstić information content (AvgIpc) is 3.10. The van der Waals surface area contributed by atoms with E-state index < -0.39 is 0 Å².